The topological polar surface area (TPSA) is 16.3 Å². The third-order valence-corrected chi connectivity index (χ3v) is 11.7. The highest BCUT2D eigenvalue weighted by atomic mass is 15.2. The molecule has 1 aliphatic heterocycles. The minimum Gasteiger partial charge on any atom is -0.337 e. The van der Waals surface area contributed by atoms with Gasteiger partial charge in [-0.05, 0) is 109 Å². The molecule has 11 rings (SSSR count). The number of fused-ring (bicyclic) bond motifs is 7. The van der Waals surface area contributed by atoms with E-state index in [4.69, 9.17) is 0 Å². The van der Waals surface area contributed by atoms with Crippen LogP contribution in [-0.4, -0.2) is 15.7 Å². The molecular weight excluding hydrogens is 717 g/mol. The van der Waals surface area contributed by atoms with E-state index >= 15 is 0 Å². The van der Waals surface area contributed by atoms with E-state index in [-0.39, 0.29) is 0 Å². The molecule has 0 bridgehead atoms. The standard InChI is InChI=1S/C55H40N4/c1-39-15-3-2-14-38-56(51-21-9-4-16-46(39)51)40-26-28-41(29-27-40)57(42-30-34-44(35-31-42)58-52-22-10-5-17-47(52)48-18-6-11-23-53(48)58)43-32-36-45(37-33-43)59-54-24-12-7-19-49(54)50-20-8-13-25-55(50)59/h2-37H,1,38H2/b14-2-,15-3-. The van der Waals surface area contributed by atoms with E-state index in [0.29, 0.717) is 0 Å². The first-order valence-electron chi connectivity index (χ1n) is 20.2. The van der Waals surface area contributed by atoms with Crippen LogP contribution in [-0.2, 0) is 0 Å². The summed E-state index contributed by atoms with van der Waals surface area (Å²) >= 11 is 0. The van der Waals surface area contributed by atoms with E-state index in [1.807, 2.05) is 0 Å². The summed E-state index contributed by atoms with van der Waals surface area (Å²) in [4.78, 5) is 4.71. The minimum atomic E-state index is 0.742. The first-order chi connectivity index (χ1) is 29.2. The lowest BCUT2D eigenvalue weighted by Gasteiger charge is -2.29. The molecule has 10 aromatic rings. The van der Waals surface area contributed by atoms with Crippen molar-refractivity contribution in [3.63, 3.8) is 0 Å². The Morgan fingerprint density at radius 3 is 1.24 bits per heavy atom. The van der Waals surface area contributed by atoms with Gasteiger partial charge < -0.3 is 18.9 Å². The van der Waals surface area contributed by atoms with Gasteiger partial charge in [0.05, 0.1) is 22.1 Å². The molecule has 0 spiro atoms. The summed E-state index contributed by atoms with van der Waals surface area (Å²) in [5.41, 5.74) is 14.6. The largest absolute Gasteiger partial charge is 0.337 e. The van der Waals surface area contributed by atoms with E-state index in [0.717, 1.165) is 57.5 Å². The van der Waals surface area contributed by atoms with Crippen LogP contribution in [0.2, 0.25) is 0 Å². The second kappa shape index (κ2) is 14.3. The molecule has 0 amide bonds. The Morgan fingerprint density at radius 2 is 0.780 bits per heavy atom. The molecular formula is C55H40N4. The SMILES string of the molecule is C=C1/C=C\C=C/CN(c2ccc(N(c3ccc(-n4c5ccccc5c5ccccc54)cc3)c3ccc(-n4c5ccccc5c5ccccc54)cc3)cc2)c2ccccc21. The Labute approximate surface area is 343 Å². The zero-order valence-electron chi connectivity index (χ0n) is 32.5. The summed E-state index contributed by atoms with van der Waals surface area (Å²) in [6, 6.07) is 70.1. The number of allylic oxidation sites excluding steroid dienone is 4. The van der Waals surface area contributed by atoms with Crippen molar-refractivity contribution in [1.29, 1.82) is 0 Å². The summed E-state index contributed by atoms with van der Waals surface area (Å²) in [7, 11) is 0. The lowest BCUT2D eigenvalue weighted by atomic mass is 10.0. The monoisotopic (exact) mass is 756 g/mol. The molecule has 2 aromatic heterocycles. The zero-order valence-corrected chi connectivity index (χ0v) is 32.5. The molecule has 1 aliphatic rings. The van der Waals surface area contributed by atoms with Crippen molar-refractivity contribution in [3.05, 3.63) is 231 Å². The van der Waals surface area contributed by atoms with Crippen LogP contribution in [0.25, 0.3) is 60.6 Å². The average Bonchev–Trinajstić information content (AvgIpc) is 3.84. The van der Waals surface area contributed by atoms with E-state index in [2.05, 4.69) is 244 Å². The van der Waals surface area contributed by atoms with Crippen LogP contribution >= 0.6 is 0 Å². The summed E-state index contributed by atoms with van der Waals surface area (Å²) in [6.07, 6.45) is 8.46. The zero-order chi connectivity index (χ0) is 39.3. The molecule has 280 valence electrons. The quantitative estimate of drug-likeness (QED) is 0.168. The van der Waals surface area contributed by atoms with Crippen molar-refractivity contribution >= 4 is 77.6 Å². The maximum absolute atomic E-state index is 4.38. The van der Waals surface area contributed by atoms with Crippen LogP contribution in [0, 0.1) is 0 Å². The normalized spacial score (nSPS) is 14.0. The van der Waals surface area contributed by atoms with Crippen LogP contribution in [0.5, 0.6) is 0 Å². The van der Waals surface area contributed by atoms with Gasteiger partial charge in [-0.1, -0.05) is 122 Å². The lowest BCUT2D eigenvalue weighted by molar-refractivity contribution is 1.09. The molecule has 3 heterocycles. The van der Waals surface area contributed by atoms with Crippen molar-refractivity contribution in [1.82, 2.24) is 9.13 Å². The van der Waals surface area contributed by atoms with Crippen LogP contribution in [0.15, 0.2) is 225 Å². The van der Waals surface area contributed by atoms with Crippen LogP contribution in [0.4, 0.5) is 28.4 Å². The Balaban J connectivity index is 1.02. The van der Waals surface area contributed by atoms with Gasteiger partial charge in [0.2, 0.25) is 0 Å². The maximum atomic E-state index is 4.38. The Kier molecular flexibility index (Phi) is 8.34. The van der Waals surface area contributed by atoms with Crippen LogP contribution < -0.4 is 9.80 Å². The molecule has 59 heavy (non-hydrogen) atoms. The summed E-state index contributed by atoms with van der Waals surface area (Å²) in [5.74, 6) is 0. The van der Waals surface area contributed by atoms with E-state index in [1.54, 1.807) is 0 Å². The van der Waals surface area contributed by atoms with E-state index in [1.165, 1.54) is 43.6 Å². The third-order valence-electron chi connectivity index (χ3n) is 11.7. The molecule has 0 fully saturated rings. The molecule has 0 saturated carbocycles. The number of benzene rings is 8. The van der Waals surface area contributed by atoms with Gasteiger partial charge in [0.25, 0.3) is 0 Å². The van der Waals surface area contributed by atoms with Crippen LogP contribution in [0.3, 0.4) is 0 Å². The van der Waals surface area contributed by atoms with Gasteiger partial charge in [-0.2, -0.15) is 0 Å². The van der Waals surface area contributed by atoms with Crippen LogP contribution in [0.1, 0.15) is 5.56 Å². The van der Waals surface area contributed by atoms with E-state index in [9.17, 15) is 0 Å². The predicted octanol–water partition coefficient (Wildman–Crippen LogP) is 14.6. The molecule has 0 atom stereocenters. The van der Waals surface area contributed by atoms with Crippen molar-refractivity contribution in [2.45, 2.75) is 0 Å². The predicted molar refractivity (Wildman–Crippen MR) is 251 cm³/mol. The van der Waals surface area contributed by atoms with Gasteiger partial charge in [-0.15, -0.1) is 0 Å². The molecule has 0 unspecified atom stereocenters. The Bertz CT molecular complexity index is 2990. The van der Waals surface area contributed by atoms with Gasteiger partial charge in [0, 0.05) is 73.5 Å². The fourth-order valence-electron chi connectivity index (χ4n) is 8.96. The summed E-state index contributed by atoms with van der Waals surface area (Å²) in [6.45, 7) is 5.12. The number of rotatable bonds is 6. The smallest absolute Gasteiger partial charge is 0.0541 e. The Morgan fingerprint density at radius 1 is 0.390 bits per heavy atom. The molecule has 0 N–H and O–H groups in total. The highest BCUT2D eigenvalue weighted by molar-refractivity contribution is 6.10. The Hall–Kier alpha value is -7.82. The number of anilines is 5. The number of hydrogen-bond donors (Lipinski definition) is 0. The van der Waals surface area contributed by atoms with Gasteiger partial charge in [-0.25, -0.2) is 0 Å². The van der Waals surface area contributed by atoms with Crippen molar-refractivity contribution in [3.8, 4) is 11.4 Å². The first kappa shape index (κ1) is 34.4. The van der Waals surface area contributed by atoms with Gasteiger partial charge in [0.1, 0.15) is 0 Å². The van der Waals surface area contributed by atoms with Crippen molar-refractivity contribution in [2.24, 2.45) is 0 Å². The first-order valence-corrected chi connectivity index (χ1v) is 20.2. The number of nitrogens with zero attached hydrogens (tertiary/aromatic N) is 4. The third kappa shape index (κ3) is 5.84. The fourth-order valence-corrected chi connectivity index (χ4v) is 8.96. The molecule has 0 saturated heterocycles. The molecule has 0 radical (unpaired) electrons. The number of para-hydroxylation sites is 5. The van der Waals surface area contributed by atoms with E-state index < -0.39 is 0 Å². The highest BCUT2D eigenvalue weighted by Crippen LogP contribution is 2.40. The summed E-state index contributed by atoms with van der Waals surface area (Å²) < 4.78 is 4.74. The minimum absolute atomic E-state index is 0.742. The molecule has 0 aliphatic carbocycles. The molecule has 8 aromatic carbocycles. The fraction of sp³-hybridized carbons (Fsp3) is 0.0182. The molecule has 4 heteroatoms. The lowest BCUT2D eigenvalue weighted by Crippen LogP contribution is -2.18. The second-order valence-electron chi connectivity index (χ2n) is 15.1. The number of hydrogen-bond acceptors (Lipinski definition) is 2. The summed E-state index contributed by atoms with van der Waals surface area (Å²) in [5, 5.41) is 5.02. The second-order valence-corrected chi connectivity index (χ2v) is 15.1. The maximum Gasteiger partial charge on any atom is 0.0541 e. The van der Waals surface area contributed by atoms with Gasteiger partial charge >= 0.3 is 0 Å². The van der Waals surface area contributed by atoms with Gasteiger partial charge in [0.15, 0.2) is 0 Å². The van der Waals surface area contributed by atoms with Gasteiger partial charge in [-0.3, -0.25) is 0 Å². The van der Waals surface area contributed by atoms with Crippen molar-refractivity contribution in [2.75, 3.05) is 16.3 Å². The average molecular weight is 757 g/mol. The number of aromatic nitrogens is 2. The van der Waals surface area contributed by atoms with Crippen molar-refractivity contribution < 1.29 is 0 Å². The molecule has 4 nitrogen and oxygen atoms in total. The highest BCUT2D eigenvalue weighted by Gasteiger charge is 2.19.